The maximum Gasteiger partial charge on any atom is 0.292 e. The summed E-state index contributed by atoms with van der Waals surface area (Å²) in [5, 5.41) is 7.99. The highest BCUT2D eigenvalue weighted by Gasteiger charge is 2.39. The number of aromatic nitrogens is 3. The molecule has 2 aliphatic rings. The first-order valence-corrected chi connectivity index (χ1v) is 8.64. The van der Waals surface area contributed by atoms with Crippen molar-refractivity contribution in [2.24, 2.45) is 0 Å². The molecular formula is C17H22N4O3. The number of nitrogens with zero attached hydrogens (tertiary/aromatic N) is 4. The fourth-order valence-corrected chi connectivity index (χ4v) is 3.66. The standard InChI is InChI=1S/C17H22N4O3/c1-11-18-16(24-19-11)17(2)7-9-21(10-8-17)15(22)14-12-5-3-4-6-13(12)20-23-14/h3-10H2,1-2H3. The Labute approximate surface area is 140 Å². The minimum atomic E-state index is -0.168. The number of piperidine rings is 1. The van der Waals surface area contributed by atoms with Crippen molar-refractivity contribution in [2.45, 2.75) is 57.8 Å². The van der Waals surface area contributed by atoms with Gasteiger partial charge in [0.25, 0.3) is 5.91 Å². The van der Waals surface area contributed by atoms with Crippen molar-refractivity contribution in [3.63, 3.8) is 0 Å². The van der Waals surface area contributed by atoms with Gasteiger partial charge in [-0.3, -0.25) is 4.79 Å². The van der Waals surface area contributed by atoms with E-state index in [4.69, 9.17) is 9.05 Å². The minimum absolute atomic E-state index is 0.0330. The summed E-state index contributed by atoms with van der Waals surface area (Å²) in [6, 6.07) is 0. The average Bonchev–Trinajstić information content (AvgIpc) is 3.21. The lowest BCUT2D eigenvalue weighted by molar-refractivity contribution is 0.0611. The first-order chi connectivity index (χ1) is 11.6. The number of carbonyl (C=O) groups is 1. The molecule has 2 aromatic rings. The van der Waals surface area contributed by atoms with Crippen LogP contribution in [0.25, 0.3) is 0 Å². The van der Waals surface area contributed by atoms with Gasteiger partial charge in [-0.1, -0.05) is 17.2 Å². The smallest absolute Gasteiger partial charge is 0.292 e. The lowest BCUT2D eigenvalue weighted by atomic mass is 9.80. The highest BCUT2D eigenvalue weighted by atomic mass is 16.5. The van der Waals surface area contributed by atoms with Gasteiger partial charge < -0.3 is 13.9 Å². The van der Waals surface area contributed by atoms with Gasteiger partial charge in [-0.2, -0.15) is 4.98 Å². The topological polar surface area (TPSA) is 85.3 Å². The predicted molar refractivity (Wildman–Crippen MR) is 84.7 cm³/mol. The summed E-state index contributed by atoms with van der Waals surface area (Å²) in [7, 11) is 0. The van der Waals surface area contributed by atoms with E-state index >= 15 is 0 Å². The highest BCUT2D eigenvalue weighted by molar-refractivity contribution is 5.93. The Morgan fingerprint density at radius 3 is 2.58 bits per heavy atom. The van der Waals surface area contributed by atoms with E-state index in [1.165, 1.54) is 0 Å². The average molecular weight is 330 g/mol. The zero-order valence-electron chi connectivity index (χ0n) is 14.2. The second-order valence-electron chi connectivity index (χ2n) is 7.14. The van der Waals surface area contributed by atoms with E-state index in [2.05, 4.69) is 22.2 Å². The van der Waals surface area contributed by atoms with Crippen LogP contribution in [-0.4, -0.2) is 39.2 Å². The second kappa shape index (κ2) is 5.72. The Hall–Kier alpha value is -2.18. The molecule has 1 aliphatic heterocycles. The maximum absolute atomic E-state index is 12.8. The molecule has 128 valence electrons. The summed E-state index contributed by atoms with van der Waals surface area (Å²) in [5.41, 5.74) is 1.82. The Morgan fingerprint density at radius 2 is 1.88 bits per heavy atom. The molecule has 7 nitrogen and oxygen atoms in total. The van der Waals surface area contributed by atoms with Crippen LogP contribution in [0.4, 0.5) is 0 Å². The predicted octanol–water partition coefficient (Wildman–Crippen LogP) is 2.44. The zero-order chi connectivity index (χ0) is 16.7. The number of rotatable bonds is 2. The maximum atomic E-state index is 12.8. The number of likely N-dealkylation sites (tertiary alicyclic amines) is 1. The third-order valence-electron chi connectivity index (χ3n) is 5.35. The van der Waals surface area contributed by atoms with Crippen LogP contribution in [0.3, 0.4) is 0 Å². The van der Waals surface area contributed by atoms with Gasteiger partial charge in [0.05, 0.1) is 11.1 Å². The van der Waals surface area contributed by atoms with Crippen molar-refractivity contribution in [1.29, 1.82) is 0 Å². The monoisotopic (exact) mass is 330 g/mol. The molecule has 24 heavy (non-hydrogen) atoms. The van der Waals surface area contributed by atoms with Crippen molar-refractivity contribution in [1.82, 2.24) is 20.2 Å². The van der Waals surface area contributed by atoms with Gasteiger partial charge in [-0.25, -0.2) is 0 Å². The largest absolute Gasteiger partial charge is 0.350 e. The molecule has 1 amide bonds. The second-order valence-corrected chi connectivity index (χ2v) is 7.14. The third-order valence-corrected chi connectivity index (χ3v) is 5.35. The molecule has 0 radical (unpaired) electrons. The summed E-state index contributed by atoms with van der Waals surface area (Å²) < 4.78 is 10.7. The van der Waals surface area contributed by atoms with Crippen molar-refractivity contribution >= 4 is 5.91 Å². The van der Waals surface area contributed by atoms with Crippen molar-refractivity contribution in [3.8, 4) is 0 Å². The van der Waals surface area contributed by atoms with Gasteiger partial charge in [0.1, 0.15) is 0 Å². The molecule has 1 fully saturated rings. The third kappa shape index (κ3) is 2.52. The molecule has 0 N–H and O–H groups in total. The number of hydrogen-bond donors (Lipinski definition) is 0. The van der Waals surface area contributed by atoms with Gasteiger partial charge in [0.15, 0.2) is 5.82 Å². The van der Waals surface area contributed by atoms with E-state index in [1.54, 1.807) is 0 Å². The number of carbonyl (C=O) groups excluding carboxylic acids is 1. The van der Waals surface area contributed by atoms with Crippen LogP contribution in [0.5, 0.6) is 0 Å². The molecule has 0 saturated carbocycles. The van der Waals surface area contributed by atoms with Crippen molar-refractivity contribution in [3.05, 3.63) is 28.7 Å². The molecule has 1 saturated heterocycles. The molecule has 7 heteroatoms. The number of aryl methyl sites for hydroxylation is 2. The minimum Gasteiger partial charge on any atom is -0.350 e. The lowest BCUT2D eigenvalue weighted by Gasteiger charge is -2.36. The lowest BCUT2D eigenvalue weighted by Crippen LogP contribution is -2.44. The molecule has 0 bridgehead atoms. The summed E-state index contributed by atoms with van der Waals surface area (Å²) in [6.45, 7) is 5.26. The zero-order valence-corrected chi connectivity index (χ0v) is 14.2. The Bertz CT molecular complexity index is 756. The first kappa shape index (κ1) is 15.4. The van der Waals surface area contributed by atoms with Gasteiger partial charge in [0.2, 0.25) is 11.7 Å². The number of hydrogen-bond acceptors (Lipinski definition) is 6. The quantitative estimate of drug-likeness (QED) is 0.841. The molecule has 4 rings (SSSR count). The SMILES string of the molecule is Cc1noc(C2(C)CCN(C(=O)c3onc4c3CCCC4)CC2)n1. The number of amides is 1. The van der Waals surface area contributed by atoms with Crippen LogP contribution in [-0.2, 0) is 18.3 Å². The van der Waals surface area contributed by atoms with Gasteiger partial charge in [-0.05, 0) is 45.4 Å². The number of fused-ring (bicyclic) bond motifs is 1. The van der Waals surface area contributed by atoms with Gasteiger partial charge in [0, 0.05) is 18.7 Å². The van der Waals surface area contributed by atoms with E-state index in [0.717, 1.165) is 49.8 Å². The van der Waals surface area contributed by atoms with Crippen LogP contribution >= 0.6 is 0 Å². The molecule has 0 unspecified atom stereocenters. The molecular weight excluding hydrogens is 308 g/mol. The van der Waals surface area contributed by atoms with Crippen LogP contribution in [0.2, 0.25) is 0 Å². The molecule has 0 atom stereocenters. The summed E-state index contributed by atoms with van der Waals surface area (Å²) in [4.78, 5) is 19.1. The Morgan fingerprint density at radius 1 is 1.12 bits per heavy atom. The van der Waals surface area contributed by atoms with Crippen molar-refractivity contribution in [2.75, 3.05) is 13.1 Å². The van der Waals surface area contributed by atoms with Crippen molar-refractivity contribution < 1.29 is 13.8 Å². The van der Waals surface area contributed by atoms with Crippen LogP contribution in [0.15, 0.2) is 9.05 Å². The van der Waals surface area contributed by atoms with E-state index in [9.17, 15) is 4.79 Å². The molecule has 1 aliphatic carbocycles. The van der Waals surface area contributed by atoms with E-state index in [1.807, 2.05) is 11.8 Å². The van der Waals surface area contributed by atoms with E-state index in [0.29, 0.717) is 30.6 Å². The fourth-order valence-electron chi connectivity index (χ4n) is 3.66. The normalized spacial score (nSPS) is 20.0. The summed E-state index contributed by atoms with van der Waals surface area (Å²) >= 11 is 0. The van der Waals surface area contributed by atoms with E-state index < -0.39 is 0 Å². The summed E-state index contributed by atoms with van der Waals surface area (Å²) in [5.74, 6) is 1.73. The van der Waals surface area contributed by atoms with Gasteiger partial charge >= 0.3 is 0 Å². The van der Waals surface area contributed by atoms with Gasteiger partial charge in [-0.15, -0.1) is 0 Å². The molecule has 3 heterocycles. The van der Waals surface area contributed by atoms with Crippen LogP contribution in [0.1, 0.15) is 66.1 Å². The Balaban J connectivity index is 1.48. The fraction of sp³-hybridized carbons (Fsp3) is 0.647. The van der Waals surface area contributed by atoms with Crippen LogP contribution in [0, 0.1) is 6.92 Å². The van der Waals surface area contributed by atoms with Crippen LogP contribution < -0.4 is 0 Å². The molecule has 0 aromatic carbocycles. The first-order valence-electron chi connectivity index (χ1n) is 8.64. The Kier molecular flexibility index (Phi) is 3.66. The molecule has 0 spiro atoms. The molecule has 2 aromatic heterocycles. The summed E-state index contributed by atoms with van der Waals surface area (Å²) in [6.07, 6.45) is 5.64. The highest BCUT2D eigenvalue weighted by Crippen LogP contribution is 2.35. The van der Waals surface area contributed by atoms with E-state index in [-0.39, 0.29) is 11.3 Å².